The summed E-state index contributed by atoms with van der Waals surface area (Å²) in [4.78, 5) is 24.0. The fourth-order valence-corrected chi connectivity index (χ4v) is 1.57. The summed E-state index contributed by atoms with van der Waals surface area (Å²) >= 11 is 0. The number of carboxylic acid groups (broad SMARTS) is 1. The minimum atomic E-state index is -0.883. The van der Waals surface area contributed by atoms with E-state index in [2.05, 4.69) is 6.58 Å². The molecule has 1 amide bonds. The molecular formula is C12H21NO3. The van der Waals surface area contributed by atoms with Crippen LogP contribution in [0.5, 0.6) is 0 Å². The van der Waals surface area contributed by atoms with Crippen molar-refractivity contribution in [1.82, 2.24) is 4.90 Å². The monoisotopic (exact) mass is 227 g/mol. The predicted octanol–water partition coefficient (Wildman–Crippen LogP) is 1.91. The Morgan fingerprint density at radius 2 is 1.94 bits per heavy atom. The van der Waals surface area contributed by atoms with Gasteiger partial charge in [-0.15, -0.1) is 6.58 Å². The molecule has 0 atom stereocenters. The highest BCUT2D eigenvalue weighted by atomic mass is 16.4. The number of rotatable bonds is 8. The van der Waals surface area contributed by atoms with Crippen molar-refractivity contribution in [1.29, 1.82) is 0 Å². The van der Waals surface area contributed by atoms with Crippen LogP contribution < -0.4 is 0 Å². The van der Waals surface area contributed by atoms with E-state index in [0.29, 0.717) is 6.54 Å². The first-order chi connectivity index (χ1) is 7.56. The number of carboxylic acids is 1. The molecule has 1 N–H and O–H groups in total. The summed E-state index contributed by atoms with van der Waals surface area (Å²) in [5, 5.41) is 8.60. The van der Waals surface area contributed by atoms with E-state index < -0.39 is 5.97 Å². The minimum Gasteiger partial charge on any atom is -0.481 e. The van der Waals surface area contributed by atoms with E-state index >= 15 is 0 Å². The summed E-state index contributed by atoms with van der Waals surface area (Å²) < 4.78 is 0. The molecule has 0 aromatic carbocycles. The summed E-state index contributed by atoms with van der Waals surface area (Å²) in [6, 6.07) is 0. The molecule has 0 fully saturated rings. The third-order valence-corrected chi connectivity index (χ3v) is 2.59. The fraction of sp³-hybridized carbons (Fsp3) is 0.667. The zero-order chi connectivity index (χ0) is 12.6. The van der Waals surface area contributed by atoms with Crippen molar-refractivity contribution in [3.63, 3.8) is 0 Å². The Kier molecular flexibility index (Phi) is 7.25. The van der Waals surface area contributed by atoms with Crippen LogP contribution in [0, 0.1) is 5.92 Å². The summed E-state index contributed by atoms with van der Waals surface area (Å²) in [6.45, 7) is 8.19. The van der Waals surface area contributed by atoms with Gasteiger partial charge in [-0.25, -0.2) is 0 Å². The van der Waals surface area contributed by atoms with Crippen LogP contribution in [-0.2, 0) is 9.59 Å². The number of aliphatic carboxylic acids is 1. The Hall–Kier alpha value is -1.32. The number of hydrogen-bond acceptors (Lipinski definition) is 2. The number of nitrogens with zero attached hydrogens (tertiary/aromatic N) is 1. The molecule has 0 radical (unpaired) electrons. The lowest BCUT2D eigenvalue weighted by atomic mass is 10.0. The molecule has 16 heavy (non-hydrogen) atoms. The molecule has 0 heterocycles. The third-order valence-electron chi connectivity index (χ3n) is 2.59. The summed E-state index contributed by atoms with van der Waals surface area (Å²) in [5.41, 5.74) is 0. The van der Waals surface area contributed by atoms with Crippen LogP contribution in [0.3, 0.4) is 0 Å². The maximum absolute atomic E-state index is 12.0. The summed E-state index contributed by atoms with van der Waals surface area (Å²) in [7, 11) is 0. The fourth-order valence-electron chi connectivity index (χ4n) is 1.57. The number of carbonyl (C=O) groups excluding carboxylic acids is 1. The molecule has 0 saturated carbocycles. The maximum Gasteiger partial charge on any atom is 0.305 e. The van der Waals surface area contributed by atoms with E-state index in [1.807, 2.05) is 13.8 Å². The average molecular weight is 227 g/mol. The molecule has 0 aliphatic rings. The van der Waals surface area contributed by atoms with Gasteiger partial charge in [-0.2, -0.15) is 0 Å². The lowest BCUT2D eigenvalue weighted by Crippen LogP contribution is -2.37. The molecule has 0 saturated heterocycles. The van der Waals surface area contributed by atoms with E-state index in [0.717, 1.165) is 12.8 Å². The zero-order valence-electron chi connectivity index (χ0n) is 10.1. The Labute approximate surface area is 96.9 Å². The van der Waals surface area contributed by atoms with Crippen molar-refractivity contribution in [2.75, 3.05) is 13.1 Å². The lowest BCUT2D eigenvalue weighted by Gasteiger charge is -2.24. The van der Waals surface area contributed by atoms with Crippen molar-refractivity contribution in [2.24, 2.45) is 5.92 Å². The highest BCUT2D eigenvalue weighted by Crippen LogP contribution is 2.12. The van der Waals surface area contributed by atoms with E-state index in [1.54, 1.807) is 11.0 Å². The third kappa shape index (κ3) is 4.96. The highest BCUT2D eigenvalue weighted by Gasteiger charge is 2.20. The quantitative estimate of drug-likeness (QED) is 0.644. The van der Waals surface area contributed by atoms with Crippen LogP contribution in [0.2, 0.25) is 0 Å². The van der Waals surface area contributed by atoms with Crippen LogP contribution in [0.15, 0.2) is 12.7 Å². The van der Waals surface area contributed by atoms with Gasteiger partial charge in [0.15, 0.2) is 0 Å². The summed E-state index contributed by atoms with van der Waals surface area (Å²) in [6.07, 6.45) is 3.19. The summed E-state index contributed by atoms with van der Waals surface area (Å²) in [5.74, 6) is -0.855. The normalized spacial score (nSPS) is 10.2. The second-order valence-electron chi connectivity index (χ2n) is 3.73. The van der Waals surface area contributed by atoms with Gasteiger partial charge < -0.3 is 10.0 Å². The van der Waals surface area contributed by atoms with Crippen LogP contribution in [-0.4, -0.2) is 35.0 Å². The van der Waals surface area contributed by atoms with Crippen LogP contribution in [0.1, 0.15) is 33.1 Å². The van der Waals surface area contributed by atoms with E-state index in [-0.39, 0.29) is 24.8 Å². The molecule has 0 spiro atoms. The zero-order valence-corrected chi connectivity index (χ0v) is 10.1. The van der Waals surface area contributed by atoms with Gasteiger partial charge in [-0.1, -0.05) is 19.9 Å². The van der Waals surface area contributed by atoms with Crippen LogP contribution in [0.25, 0.3) is 0 Å². The smallest absolute Gasteiger partial charge is 0.305 e. The largest absolute Gasteiger partial charge is 0.481 e. The van der Waals surface area contributed by atoms with Gasteiger partial charge in [0.05, 0.1) is 6.42 Å². The molecule has 4 heteroatoms. The molecular weight excluding hydrogens is 206 g/mol. The van der Waals surface area contributed by atoms with Crippen molar-refractivity contribution in [3.8, 4) is 0 Å². The standard InChI is InChI=1S/C12H21NO3/c1-4-8-13(9-7-11(14)15)12(16)10(5-2)6-3/h4,10H,1,5-9H2,2-3H3,(H,14,15). The number of amides is 1. The van der Waals surface area contributed by atoms with Crippen molar-refractivity contribution in [2.45, 2.75) is 33.1 Å². The number of hydrogen-bond donors (Lipinski definition) is 1. The lowest BCUT2D eigenvalue weighted by molar-refractivity contribution is -0.139. The Balaban J connectivity index is 4.43. The van der Waals surface area contributed by atoms with E-state index in [4.69, 9.17) is 5.11 Å². The second kappa shape index (κ2) is 7.91. The van der Waals surface area contributed by atoms with Gasteiger partial charge in [-0.05, 0) is 12.8 Å². The Morgan fingerprint density at radius 3 is 2.31 bits per heavy atom. The van der Waals surface area contributed by atoms with E-state index in [9.17, 15) is 9.59 Å². The SMILES string of the molecule is C=CCN(CCC(=O)O)C(=O)C(CC)CC. The van der Waals surface area contributed by atoms with Gasteiger partial charge in [-0.3, -0.25) is 9.59 Å². The Bertz CT molecular complexity index is 247. The highest BCUT2D eigenvalue weighted by molar-refractivity contribution is 5.79. The molecule has 0 aliphatic heterocycles. The molecule has 0 aromatic rings. The predicted molar refractivity (Wildman–Crippen MR) is 63.1 cm³/mol. The molecule has 0 aliphatic carbocycles. The number of carbonyl (C=O) groups is 2. The first-order valence-electron chi connectivity index (χ1n) is 5.68. The van der Waals surface area contributed by atoms with Gasteiger partial charge in [0.25, 0.3) is 0 Å². The molecule has 0 unspecified atom stereocenters. The van der Waals surface area contributed by atoms with Crippen LogP contribution in [0.4, 0.5) is 0 Å². The van der Waals surface area contributed by atoms with Crippen molar-refractivity contribution >= 4 is 11.9 Å². The van der Waals surface area contributed by atoms with E-state index in [1.165, 1.54) is 0 Å². The first kappa shape index (κ1) is 14.7. The molecule has 92 valence electrons. The first-order valence-corrected chi connectivity index (χ1v) is 5.68. The molecule has 4 nitrogen and oxygen atoms in total. The van der Waals surface area contributed by atoms with Crippen LogP contribution >= 0.6 is 0 Å². The maximum atomic E-state index is 12.0. The van der Waals surface area contributed by atoms with Gasteiger partial charge in [0.2, 0.25) is 5.91 Å². The van der Waals surface area contributed by atoms with Gasteiger partial charge >= 0.3 is 5.97 Å². The molecule has 0 rings (SSSR count). The Morgan fingerprint density at radius 1 is 1.38 bits per heavy atom. The van der Waals surface area contributed by atoms with Gasteiger partial charge in [0.1, 0.15) is 0 Å². The second-order valence-corrected chi connectivity index (χ2v) is 3.73. The van der Waals surface area contributed by atoms with Gasteiger partial charge in [0, 0.05) is 19.0 Å². The average Bonchev–Trinajstić information content (AvgIpc) is 2.25. The molecule has 0 bridgehead atoms. The topological polar surface area (TPSA) is 57.6 Å². The van der Waals surface area contributed by atoms with Crippen molar-refractivity contribution < 1.29 is 14.7 Å². The van der Waals surface area contributed by atoms with Crippen molar-refractivity contribution in [3.05, 3.63) is 12.7 Å². The molecule has 0 aromatic heterocycles. The minimum absolute atomic E-state index is 0.00579.